The molecule has 0 spiro atoms. The van der Waals surface area contributed by atoms with Crippen LogP contribution in [0.4, 0.5) is 0 Å². The second-order valence-electron chi connectivity index (χ2n) is 7.24. The Balaban J connectivity index is 1.63. The summed E-state index contributed by atoms with van der Waals surface area (Å²) < 4.78 is 27.5. The number of nitrogens with one attached hydrogen (secondary N) is 2. The molecule has 6 nitrogen and oxygen atoms in total. The standard InChI is InChI=1S/C18H27N3O3S/c1-13-3-5-17(6-4-13)25(23,24)20-14(2)18(22)21-9-7-15-11-19-12-16(15)8-10-21/h3-6,14-16,19-20H,7-12H2,1-2H3/t14?,15-,16+. The summed E-state index contributed by atoms with van der Waals surface area (Å²) in [7, 11) is -3.69. The topological polar surface area (TPSA) is 78.5 Å². The molecule has 0 bridgehead atoms. The van der Waals surface area contributed by atoms with Crippen LogP contribution in [-0.4, -0.2) is 51.4 Å². The predicted molar refractivity (Wildman–Crippen MR) is 96.6 cm³/mol. The van der Waals surface area contributed by atoms with E-state index in [0.717, 1.165) is 31.5 Å². The quantitative estimate of drug-likeness (QED) is 0.838. The summed E-state index contributed by atoms with van der Waals surface area (Å²) in [6.45, 7) is 7.00. The van der Waals surface area contributed by atoms with Crippen LogP contribution >= 0.6 is 0 Å². The zero-order valence-electron chi connectivity index (χ0n) is 14.9. The zero-order chi connectivity index (χ0) is 18.0. The van der Waals surface area contributed by atoms with E-state index in [1.54, 1.807) is 31.2 Å². The van der Waals surface area contributed by atoms with Crippen LogP contribution in [0.15, 0.2) is 29.2 Å². The van der Waals surface area contributed by atoms with Gasteiger partial charge in [0, 0.05) is 13.1 Å². The molecular weight excluding hydrogens is 338 g/mol. The fourth-order valence-electron chi connectivity index (χ4n) is 3.78. The van der Waals surface area contributed by atoms with Crippen LogP contribution in [-0.2, 0) is 14.8 Å². The van der Waals surface area contributed by atoms with Gasteiger partial charge in [-0.25, -0.2) is 8.42 Å². The molecule has 0 aliphatic carbocycles. The van der Waals surface area contributed by atoms with E-state index in [1.165, 1.54) is 0 Å². The largest absolute Gasteiger partial charge is 0.341 e. The fraction of sp³-hybridized carbons (Fsp3) is 0.611. The van der Waals surface area contributed by atoms with Gasteiger partial charge in [0.05, 0.1) is 10.9 Å². The molecule has 7 heteroatoms. The number of rotatable bonds is 4. The highest BCUT2D eigenvalue weighted by Crippen LogP contribution is 2.27. The summed E-state index contributed by atoms with van der Waals surface area (Å²) in [6.07, 6.45) is 1.97. The number of aryl methyl sites for hydroxylation is 1. The van der Waals surface area contributed by atoms with Crippen LogP contribution in [0.1, 0.15) is 25.3 Å². The van der Waals surface area contributed by atoms with Crippen LogP contribution < -0.4 is 10.0 Å². The lowest BCUT2D eigenvalue weighted by atomic mass is 9.92. The number of hydrogen-bond donors (Lipinski definition) is 2. The molecule has 3 rings (SSSR count). The van der Waals surface area contributed by atoms with Crippen LogP contribution in [0.3, 0.4) is 0 Å². The Hall–Kier alpha value is -1.44. The number of amides is 1. The van der Waals surface area contributed by atoms with E-state index >= 15 is 0 Å². The van der Waals surface area contributed by atoms with E-state index in [1.807, 2.05) is 11.8 Å². The molecule has 1 amide bonds. The molecule has 0 saturated carbocycles. The number of sulfonamides is 1. The predicted octanol–water partition coefficient (Wildman–Crippen LogP) is 1.12. The number of carbonyl (C=O) groups excluding carboxylic acids is 1. The molecule has 2 aliphatic rings. The van der Waals surface area contributed by atoms with Gasteiger partial charge in [-0.1, -0.05) is 17.7 Å². The van der Waals surface area contributed by atoms with E-state index in [0.29, 0.717) is 24.9 Å². The Morgan fingerprint density at radius 2 is 1.72 bits per heavy atom. The summed E-state index contributed by atoms with van der Waals surface area (Å²) in [5, 5.41) is 3.42. The normalized spacial score (nSPS) is 25.3. The summed E-state index contributed by atoms with van der Waals surface area (Å²) in [6, 6.07) is 5.87. The van der Waals surface area contributed by atoms with Crippen molar-refractivity contribution in [3.05, 3.63) is 29.8 Å². The Labute approximate surface area is 150 Å². The number of likely N-dealkylation sites (tertiary alicyclic amines) is 1. The average Bonchev–Trinajstić information content (AvgIpc) is 2.93. The van der Waals surface area contributed by atoms with Gasteiger partial charge in [-0.3, -0.25) is 4.79 Å². The Morgan fingerprint density at radius 3 is 2.28 bits per heavy atom. The molecule has 138 valence electrons. The Morgan fingerprint density at radius 1 is 1.16 bits per heavy atom. The fourth-order valence-corrected chi connectivity index (χ4v) is 4.98. The zero-order valence-corrected chi connectivity index (χ0v) is 15.7. The molecule has 2 fully saturated rings. The lowest BCUT2D eigenvalue weighted by molar-refractivity contribution is -0.132. The van der Waals surface area contributed by atoms with Gasteiger partial charge in [-0.2, -0.15) is 4.72 Å². The third kappa shape index (κ3) is 4.22. The first-order valence-corrected chi connectivity index (χ1v) is 10.4. The minimum atomic E-state index is -3.69. The van der Waals surface area contributed by atoms with Gasteiger partial charge in [-0.15, -0.1) is 0 Å². The lowest BCUT2D eigenvalue weighted by Gasteiger charge is -2.25. The Kier molecular flexibility index (Phi) is 5.46. The molecule has 2 aliphatic heterocycles. The molecule has 0 radical (unpaired) electrons. The van der Waals surface area contributed by atoms with Gasteiger partial charge in [-0.05, 0) is 63.7 Å². The van der Waals surface area contributed by atoms with E-state index < -0.39 is 16.1 Å². The molecule has 2 N–H and O–H groups in total. The second kappa shape index (κ2) is 7.43. The molecule has 2 heterocycles. The maximum Gasteiger partial charge on any atom is 0.241 e. The van der Waals surface area contributed by atoms with Crippen molar-refractivity contribution >= 4 is 15.9 Å². The highest BCUT2D eigenvalue weighted by atomic mass is 32.2. The molecular formula is C18H27N3O3S. The smallest absolute Gasteiger partial charge is 0.241 e. The molecule has 1 aromatic carbocycles. The van der Waals surface area contributed by atoms with Crippen LogP contribution in [0, 0.1) is 18.8 Å². The second-order valence-corrected chi connectivity index (χ2v) is 8.95. The summed E-state index contributed by atoms with van der Waals surface area (Å²) in [5.41, 5.74) is 0.993. The molecule has 1 aromatic rings. The van der Waals surface area contributed by atoms with Gasteiger partial charge in [0.25, 0.3) is 0 Å². The van der Waals surface area contributed by atoms with E-state index in [4.69, 9.17) is 0 Å². The lowest BCUT2D eigenvalue weighted by Crippen LogP contribution is -2.47. The minimum Gasteiger partial charge on any atom is -0.341 e. The first-order chi connectivity index (χ1) is 11.9. The van der Waals surface area contributed by atoms with Gasteiger partial charge in [0.15, 0.2) is 0 Å². The number of hydrogen-bond acceptors (Lipinski definition) is 4. The van der Waals surface area contributed by atoms with Crippen LogP contribution in [0.25, 0.3) is 0 Å². The highest BCUT2D eigenvalue weighted by Gasteiger charge is 2.33. The van der Waals surface area contributed by atoms with Crippen molar-refractivity contribution in [2.24, 2.45) is 11.8 Å². The van der Waals surface area contributed by atoms with E-state index in [9.17, 15) is 13.2 Å². The minimum absolute atomic E-state index is 0.136. The van der Waals surface area contributed by atoms with E-state index in [-0.39, 0.29) is 10.8 Å². The first-order valence-electron chi connectivity index (χ1n) is 8.95. The van der Waals surface area contributed by atoms with Crippen molar-refractivity contribution in [1.29, 1.82) is 0 Å². The van der Waals surface area contributed by atoms with Crippen LogP contribution in [0.5, 0.6) is 0 Å². The van der Waals surface area contributed by atoms with Gasteiger partial charge in [0.1, 0.15) is 0 Å². The maximum atomic E-state index is 12.7. The average molecular weight is 365 g/mol. The monoisotopic (exact) mass is 365 g/mol. The molecule has 25 heavy (non-hydrogen) atoms. The summed E-state index contributed by atoms with van der Waals surface area (Å²) in [5.74, 6) is 1.14. The molecule has 1 unspecified atom stereocenters. The third-order valence-electron chi connectivity index (χ3n) is 5.36. The van der Waals surface area contributed by atoms with Crippen LogP contribution in [0.2, 0.25) is 0 Å². The van der Waals surface area contributed by atoms with Crippen molar-refractivity contribution < 1.29 is 13.2 Å². The van der Waals surface area contributed by atoms with Crippen molar-refractivity contribution in [2.75, 3.05) is 26.2 Å². The summed E-state index contributed by atoms with van der Waals surface area (Å²) >= 11 is 0. The van der Waals surface area contributed by atoms with Crippen molar-refractivity contribution in [2.45, 2.75) is 37.6 Å². The number of carbonyl (C=O) groups is 1. The van der Waals surface area contributed by atoms with Gasteiger partial charge < -0.3 is 10.2 Å². The van der Waals surface area contributed by atoms with Gasteiger partial charge in [0.2, 0.25) is 15.9 Å². The summed E-state index contributed by atoms with van der Waals surface area (Å²) in [4.78, 5) is 14.7. The number of nitrogens with zero attached hydrogens (tertiary/aromatic N) is 1. The molecule has 2 saturated heterocycles. The molecule has 0 aromatic heterocycles. The van der Waals surface area contributed by atoms with Gasteiger partial charge >= 0.3 is 0 Å². The maximum absolute atomic E-state index is 12.7. The molecule has 3 atom stereocenters. The van der Waals surface area contributed by atoms with Crippen molar-refractivity contribution in [3.8, 4) is 0 Å². The Bertz CT molecular complexity index is 704. The third-order valence-corrected chi connectivity index (χ3v) is 6.92. The van der Waals surface area contributed by atoms with E-state index in [2.05, 4.69) is 10.0 Å². The number of fused-ring (bicyclic) bond motifs is 1. The number of benzene rings is 1. The highest BCUT2D eigenvalue weighted by molar-refractivity contribution is 7.89. The van der Waals surface area contributed by atoms with Crippen molar-refractivity contribution in [1.82, 2.24) is 14.9 Å². The van der Waals surface area contributed by atoms with Crippen molar-refractivity contribution in [3.63, 3.8) is 0 Å². The SMILES string of the molecule is Cc1ccc(S(=O)(=O)NC(C)C(=O)N2CC[C@@H]3CNC[C@@H]3CC2)cc1. The first kappa shape index (κ1) is 18.4.